The van der Waals surface area contributed by atoms with Gasteiger partial charge in [0.1, 0.15) is 0 Å². The monoisotopic (exact) mass is 451 g/mol. The molecule has 6 heteroatoms. The maximum absolute atomic E-state index is 12.9. The molecule has 4 atom stereocenters. The van der Waals surface area contributed by atoms with Crippen molar-refractivity contribution in [3.63, 3.8) is 0 Å². The Balaban J connectivity index is 1.44. The first-order chi connectivity index (χ1) is 14.0. The van der Waals surface area contributed by atoms with Gasteiger partial charge in [-0.25, -0.2) is 0 Å². The number of carbonyl (C=O) groups is 2. The standard InChI is InChI=1S/C23H22BrN3O2/c1-13-11-17(14(2)26(13)19-9-7-18(24)8-10-19)12-25-27-22(28)20-15-3-4-16(6-5-15)21(20)23(27)29/h3-4,7-12,15-16,20-21H,5-6H2,1-2H3/b25-12-/t15-,16-,20+,21+/m0/s1. The van der Waals surface area contributed by atoms with Crippen LogP contribution in [-0.4, -0.2) is 27.6 Å². The van der Waals surface area contributed by atoms with E-state index in [9.17, 15) is 9.59 Å². The number of nitrogens with zero attached hydrogens (tertiary/aromatic N) is 3. The molecular formula is C23H22BrN3O2. The van der Waals surface area contributed by atoms with Gasteiger partial charge in [-0.3, -0.25) is 9.59 Å². The predicted molar refractivity (Wildman–Crippen MR) is 115 cm³/mol. The largest absolute Gasteiger partial charge is 0.318 e. The Labute approximate surface area is 178 Å². The smallest absolute Gasteiger partial charge is 0.254 e. The number of halogens is 1. The fourth-order valence-electron chi connectivity index (χ4n) is 5.20. The van der Waals surface area contributed by atoms with E-state index in [2.05, 4.69) is 37.8 Å². The van der Waals surface area contributed by atoms with Crippen LogP contribution in [0.5, 0.6) is 0 Å². The first-order valence-corrected chi connectivity index (χ1v) is 10.8. The third kappa shape index (κ3) is 2.84. The highest BCUT2D eigenvalue weighted by Crippen LogP contribution is 2.49. The Bertz CT molecular complexity index is 1030. The lowest BCUT2D eigenvalue weighted by Crippen LogP contribution is -2.38. The van der Waals surface area contributed by atoms with Crippen molar-refractivity contribution in [3.05, 3.63) is 63.9 Å². The Hall–Kier alpha value is -2.47. The minimum atomic E-state index is -0.224. The SMILES string of the molecule is Cc1cc(/C=N\N2C(=O)[C@H]3[C@H](C2=O)[C@H]2C=C[C@H]3CC2)c(C)n1-c1ccc(Br)cc1. The van der Waals surface area contributed by atoms with Gasteiger partial charge in [-0.1, -0.05) is 28.1 Å². The number of hydrogen-bond donors (Lipinski definition) is 0. The Morgan fingerprint density at radius 1 is 1.00 bits per heavy atom. The molecule has 0 radical (unpaired) electrons. The predicted octanol–water partition coefficient (Wildman–Crippen LogP) is 4.39. The van der Waals surface area contributed by atoms with Crippen molar-refractivity contribution in [2.24, 2.45) is 28.8 Å². The molecule has 0 N–H and O–H groups in total. The molecule has 2 amide bonds. The zero-order valence-corrected chi connectivity index (χ0v) is 18.0. The quantitative estimate of drug-likeness (QED) is 0.394. The van der Waals surface area contributed by atoms with Crippen LogP contribution in [0.25, 0.3) is 5.69 Å². The van der Waals surface area contributed by atoms with Gasteiger partial charge < -0.3 is 4.57 Å². The number of hydrogen-bond acceptors (Lipinski definition) is 3. The summed E-state index contributed by atoms with van der Waals surface area (Å²) in [7, 11) is 0. The maximum Gasteiger partial charge on any atom is 0.254 e. The highest BCUT2D eigenvalue weighted by molar-refractivity contribution is 9.10. The molecule has 1 saturated carbocycles. The topological polar surface area (TPSA) is 54.7 Å². The average Bonchev–Trinajstić information content (AvgIpc) is 3.16. The molecular weight excluding hydrogens is 430 g/mol. The van der Waals surface area contributed by atoms with Gasteiger partial charge in [-0.2, -0.15) is 10.1 Å². The molecule has 4 aliphatic rings. The van der Waals surface area contributed by atoms with E-state index in [0.29, 0.717) is 0 Å². The fraction of sp³-hybridized carbons (Fsp3) is 0.348. The Kier molecular flexibility index (Phi) is 4.35. The lowest BCUT2D eigenvalue weighted by atomic mass is 9.63. The summed E-state index contributed by atoms with van der Waals surface area (Å²) in [5.41, 5.74) is 4.06. The fourth-order valence-corrected chi connectivity index (χ4v) is 5.46. The summed E-state index contributed by atoms with van der Waals surface area (Å²) in [4.78, 5) is 25.8. The number of aromatic nitrogens is 1. The lowest BCUT2D eigenvalue weighted by molar-refractivity contribution is -0.140. The summed E-state index contributed by atoms with van der Waals surface area (Å²) < 4.78 is 3.17. The minimum absolute atomic E-state index is 0.142. The van der Waals surface area contributed by atoms with Crippen molar-refractivity contribution in [2.75, 3.05) is 0 Å². The second-order valence-corrected chi connectivity index (χ2v) is 9.13. The number of aryl methyl sites for hydroxylation is 1. The van der Waals surface area contributed by atoms with E-state index in [0.717, 1.165) is 45.0 Å². The van der Waals surface area contributed by atoms with Crippen LogP contribution in [-0.2, 0) is 9.59 Å². The molecule has 2 aromatic rings. The number of allylic oxidation sites excluding steroid dienone is 2. The molecule has 0 spiro atoms. The van der Waals surface area contributed by atoms with E-state index in [4.69, 9.17) is 0 Å². The van der Waals surface area contributed by atoms with Crippen LogP contribution in [0.15, 0.2) is 52.1 Å². The summed E-state index contributed by atoms with van der Waals surface area (Å²) >= 11 is 3.47. The third-order valence-electron chi connectivity index (χ3n) is 6.60. The van der Waals surface area contributed by atoms with Crippen molar-refractivity contribution < 1.29 is 9.59 Å². The van der Waals surface area contributed by atoms with Gasteiger partial charge in [-0.15, -0.1) is 0 Å². The maximum atomic E-state index is 12.9. The van der Waals surface area contributed by atoms with Gasteiger partial charge in [-0.05, 0) is 68.9 Å². The van der Waals surface area contributed by atoms with Crippen LogP contribution in [0.3, 0.4) is 0 Å². The first kappa shape index (κ1) is 18.6. The van der Waals surface area contributed by atoms with E-state index in [1.165, 1.54) is 0 Å². The molecule has 2 fully saturated rings. The van der Waals surface area contributed by atoms with Gasteiger partial charge in [0.15, 0.2) is 0 Å². The van der Waals surface area contributed by atoms with Crippen molar-refractivity contribution in [2.45, 2.75) is 26.7 Å². The minimum Gasteiger partial charge on any atom is -0.318 e. The summed E-state index contributed by atoms with van der Waals surface area (Å²) in [6.07, 6.45) is 7.89. The summed E-state index contributed by atoms with van der Waals surface area (Å²) in [5, 5.41) is 5.48. The van der Waals surface area contributed by atoms with Crippen LogP contribution in [0.4, 0.5) is 0 Å². The van der Waals surface area contributed by atoms with E-state index in [-0.39, 0.29) is 35.5 Å². The first-order valence-electron chi connectivity index (χ1n) is 10.0. The van der Waals surface area contributed by atoms with Crippen molar-refractivity contribution >= 4 is 34.0 Å². The molecule has 5 nitrogen and oxygen atoms in total. The number of rotatable bonds is 3. The summed E-state index contributed by atoms with van der Waals surface area (Å²) in [6, 6.07) is 10.1. The van der Waals surface area contributed by atoms with Crippen LogP contribution < -0.4 is 0 Å². The zero-order valence-electron chi connectivity index (χ0n) is 16.4. The second kappa shape index (κ2) is 6.80. The average molecular weight is 452 g/mol. The number of imide groups is 1. The third-order valence-corrected chi connectivity index (χ3v) is 7.13. The molecule has 148 valence electrons. The molecule has 3 aliphatic carbocycles. The number of hydrazone groups is 1. The second-order valence-electron chi connectivity index (χ2n) is 8.21. The molecule has 1 aromatic heterocycles. The number of amides is 2. The molecule has 1 aromatic carbocycles. The number of benzene rings is 1. The van der Waals surface area contributed by atoms with Crippen LogP contribution in [0.1, 0.15) is 29.8 Å². The molecule has 2 bridgehead atoms. The molecule has 6 rings (SSSR count). The Morgan fingerprint density at radius 3 is 2.14 bits per heavy atom. The number of fused-ring (bicyclic) bond motifs is 1. The summed E-state index contributed by atoms with van der Waals surface area (Å²) in [6.45, 7) is 4.06. The van der Waals surface area contributed by atoms with Crippen molar-refractivity contribution in [1.29, 1.82) is 0 Å². The molecule has 1 aliphatic heterocycles. The van der Waals surface area contributed by atoms with E-state index >= 15 is 0 Å². The molecule has 0 unspecified atom stereocenters. The van der Waals surface area contributed by atoms with E-state index < -0.39 is 0 Å². The molecule has 2 heterocycles. The molecule has 29 heavy (non-hydrogen) atoms. The van der Waals surface area contributed by atoms with Gasteiger partial charge in [0, 0.05) is 27.1 Å². The Morgan fingerprint density at radius 2 is 1.59 bits per heavy atom. The van der Waals surface area contributed by atoms with E-state index in [1.54, 1.807) is 6.21 Å². The molecule has 1 saturated heterocycles. The van der Waals surface area contributed by atoms with Crippen LogP contribution in [0.2, 0.25) is 0 Å². The zero-order chi connectivity index (χ0) is 20.3. The van der Waals surface area contributed by atoms with Gasteiger partial charge >= 0.3 is 0 Å². The van der Waals surface area contributed by atoms with Crippen molar-refractivity contribution in [3.8, 4) is 5.69 Å². The van der Waals surface area contributed by atoms with Gasteiger partial charge in [0.05, 0.1) is 18.1 Å². The van der Waals surface area contributed by atoms with Crippen LogP contribution >= 0.6 is 15.9 Å². The van der Waals surface area contributed by atoms with Crippen molar-refractivity contribution in [1.82, 2.24) is 9.58 Å². The number of carbonyl (C=O) groups excluding carboxylic acids is 2. The lowest BCUT2D eigenvalue weighted by Gasteiger charge is -2.37. The normalized spacial score (nSPS) is 28.0. The summed E-state index contributed by atoms with van der Waals surface area (Å²) in [5.74, 6) is -0.362. The highest BCUT2D eigenvalue weighted by atomic mass is 79.9. The van der Waals surface area contributed by atoms with E-state index in [1.807, 2.05) is 44.2 Å². The highest BCUT2D eigenvalue weighted by Gasteiger charge is 2.56. The van der Waals surface area contributed by atoms with Crippen LogP contribution in [0, 0.1) is 37.5 Å². The van der Waals surface area contributed by atoms with Gasteiger partial charge in [0.25, 0.3) is 11.8 Å². The van der Waals surface area contributed by atoms with Gasteiger partial charge in [0.2, 0.25) is 0 Å².